The van der Waals surface area contributed by atoms with Crippen LogP contribution in [0.2, 0.25) is 0 Å². The molecule has 162 valence electrons. The van der Waals surface area contributed by atoms with E-state index >= 15 is 0 Å². The van der Waals surface area contributed by atoms with Gasteiger partial charge in [0.25, 0.3) is 0 Å². The summed E-state index contributed by atoms with van der Waals surface area (Å²) >= 11 is 0. The van der Waals surface area contributed by atoms with Crippen molar-refractivity contribution in [2.24, 2.45) is 0 Å². The average molecular weight is 402 g/mol. The third kappa shape index (κ3) is 12.1. The highest BCUT2D eigenvalue weighted by Crippen LogP contribution is 2.19. The number of allylic oxidation sites excluding steroid dienone is 8. The lowest BCUT2D eigenvalue weighted by Crippen LogP contribution is -2.40. The van der Waals surface area contributed by atoms with Crippen molar-refractivity contribution >= 4 is 11.9 Å². The highest BCUT2D eigenvalue weighted by Gasteiger charge is 2.33. The fourth-order valence-corrected chi connectivity index (χ4v) is 3.40. The highest BCUT2D eigenvalue weighted by atomic mass is 16.4. The Hall–Kier alpha value is -2.10. The van der Waals surface area contributed by atoms with Gasteiger partial charge in [-0.25, -0.2) is 4.79 Å². The fraction of sp³-hybridized carbons (Fsp3) is 0.600. The molecule has 4 nitrogen and oxygen atoms in total. The Morgan fingerprint density at radius 1 is 0.862 bits per heavy atom. The second-order valence-corrected chi connectivity index (χ2v) is 7.56. The van der Waals surface area contributed by atoms with Gasteiger partial charge in [-0.15, -0.1) is 0 Å². The predicted octanol–water partition coefficient (Wildman–Crippen LogP) is 6.21. The van der Waals surface area contributed by atoms with E-state index in [4.69, 9.17) is 5.11 Å². The number of carbonyl (C=O) groups excluding carboxylic acids is 1. The van der Waals surface area contributed by atoms with Crippen molar-refractivity contribution < 1.29 is 14.7 Å². The van der Waals surface area contributed by atoms with Gasteiger partial charge in [0.2, 0.25) is 5.91 Å². The fourth-order valence-electron chi connectivity index (χ4n) is 3.40. The molecule has 0 bridgehead atoms. The van der Waals surface area contributed by atoms with Crippen molar-refractivity contribution in [3.63, 3.8) is 0 Å². The molecule has 0 radical (unpaired) electrons. The Morgan fingerprint density at radius 3 is 1.97 bits per heavy atom. The maximum atomic E-state index is 12.1. The number of rotatable bonds is 15. The van der Waals surface area contributed by atoms with Crippen LogP contribution in [0.3, 0.4) is 0 Å². The number of carboxylic acids is 1. The third-order valence-electron chi connectivity index (χ3n) is 5.08. The molecule has 0 saturated carbocycles. The van der Waals surface area contributed by atoms with Crippen molar-refractivity contribution in [3.8, 4) is 0 Å². The van der Waals surface area contributed by atoms with Gasteiger partial charge in [0.05, 0.1) is 0 Å². The largest absolute Gasteiger partial charge is 0.480 e. The summed E-state index contributed by atoms with van der Waals surface area (Å²) in [6.07, 6.45) is 28.9. The van der Waals surface area contributed by atoms with E-state index in [-0.39, 0.29) is 5.91 Å². The van der Waals surface area contributed by atoms with Crippen LogP contribution in [0.4, 0.5) is 0 Å². The molecular formula is C25H39NO3. The first-order valence-electron chi connectivity index (χ1n) is 11.3. The van der Waals surface area contributed by atoms with E-state index in [2.05, 4.69) is 55.5 Å². The summed E-state index contributed by atoms with van der Waals surface area (Å²) < 4.78 is 0. The highest BCUT2D eigenvalue weighted by molar-refractivity contribution is 5.84. The lowest BCUT2D eigenvalue weighted by atomic mass is 10.1. The van der Waals surface area contributed by atoms with Gasteiger partial charge in [0.1, 0.15) is 6.04 Å². The average Bonchev–Trinajstić information content (AvgIpc) is 3.20. The monoisotopic (exact) mass is 401 g/mol. The maximum absolute atomic E-state index is 12.1. The maximum Gasteiger partial charge on any atom is 0.326 e. The number of carbonyl (C=O) groups is 2. The van der Waals surface area contributed by atoms with Crippen LogP contribution < -0.4 is 0 Å². The summed E-state index contributed by atoms with van der Waals surface area (Å²) in [5, 5.41) is 9.13. The lowest BCUT2D eigenvalue weighted by molar-refractivity contribution is -0.148. The van der Waals surface area contributed by atoms with Crippen LogP contribution in [-0.2, 0) is 9.59 Å². The first kappa shape index (κ1) is 24.9. The lowest BCUT2D eigenvalue weighted by Gasteiger charge is -2.21. The van der Waals surface area contributed by atoms with Crippen LogP contribution in [0.15, 0.2) is 48.6 Å². The van der Waals surface area contributed by atoms with Gasteiger partial charge < -0.3 is 10.0 Å². The zero-order valence-electron chi connectivity index (χ0n) is 18.1. The van der Waals surface area contributed by atoms with Gasteiger partial charge in [0.15, 0.2) is 0 Å². The second-order valence-electron chi connectivity index (χ2n) is 7.56. The Labute approximate surface area is 177 Å². The molecule has 0 aromatic rings. The van der Waals surface area contributed by atoms with Crippen molar-refractivity contribution in [2.45, 2.75) is 90.0 Å². The molecule has 0 spiro atoms. The number of carboxylic acid groups (broad SMARTS) is 1. The van der Waals surface area contributed by atoms with Crippen LogP contribution in [-0.4, -0.2) is 34.5 Å². The first-order chi connectivity index (χ1) is 14.2. The number of likely N-dealkylation sites (tertiary alicyclic amines) is 1. The van der Waals surface area contributed by atoms with Crippen LogP contribution in [0.25, 0.3) is 0 Å². The standard InChI is InChI=1S/C25H39NO3/c1-2-3-4-5-6-7-8-9-10-11-12-13-14-15-16-17-18-21-24(27)26-22-19-20-23(26)25(28)29/h6-7,9-10,12-13,15-16,23H,2-5,8,11,14,17-22H2,1H3,(H,28,29)/b7-6-,10-9-,13-12-,16-15-. The molecule has 0 aromatic carbocycles. The molecule has 1 rings (SSSR count). The molecule has 1 aliphatic heterocycles. The third-order valence-corrected chi connectivity index (χ3v) is 5.08. The van der Waals surface area contributed by atoms with E-state index in [0.29, 0.717) is 19.4 Å². The van der Waals surface area contributed by atoms with Crippen molar-refractivity contribution in [1.82, 2.24) is 4.90 Å². The first-order valence-corrected chi connectivity index (χ1v) is 11.3. The van der Waals surface area contributed by atoms with Gasteiger partial charge in [0, 0.05) is 13.0 Å². The summed E-state index contributed by atoms with van der Waals surface area (Å²) in [4.78, 5) is 24.8. The van der Waals surface area contributed by atoms with Crippen LogP contribution >= 0.6 is 0 Å². The SMILES string of the molecule is CCCCC/C=C\C/C=C\C/C=C\C/C=C\CCCC(=O)N1CCCC1C(=O)O. The van der Waals surface area contributed by atoms with Crippen molar-refractivity contribution in [2.75, 3.05) is 6.54 Å². The summed E-state index contributed by atoms with van der Waals surface area (Å²) in [7, 11) is 0. The number of nitrogens with zero attached hydrogens (tertiary/aromatic N) is 1. The Morgan fingerprint density at radius 2 is 1.41 bits per heavy atom. The minimum atomic E-state index is -0.878. The van der Waals surface area contributed by atoms with Gasteiger partial charge >= 0.3 is 5.97 Å². The topological polar surface area (TPSA) is 57.6 Å². The summed E-state index contributed by atoms with van der Waals surface area (Å²) in [6.45, 7) is 2.81. The smallest absolute Gasteiger partial charge is 0.326 e. The quantitative estimate of drug-likeness (QED) is 0.262. The molecular weight excluding hydrogens is 362 g/mol. The number of hydrogen-bond acceptors (Lipinski definition) is 2. The Balaban J connectivity index is 2.01. The van der Waals surface area contributed by atoms with Gasteiger partial charge in [-0.1, -0.05) is 68.4 Å². The van der Waals surface area contributed by atoms with E-state index in [9.17, 15) is 9.59 Å². The van der Waals surface area contributed by atoms with Crippen molar-refractivity contribution in [1.29, 1.82) is 0 Å². The van der Waals surface area contributed by atoms with Gasteiger partial charge in [-0.2, -0.15) is 0 Å². The van der Waals surface area contributed by atoms with Crippen molar-refractivity contribution in [3.05, 3.63) is 48.6 Å². The molecule has 1 fully saturated rings. The van der Waals surface area contributed by atoms with E-state index < -0.39 is 12.0 Å². The molecule has 0 aromatic heterocycles. The van der Waals surface area contributed by atoms with E-state index in [1.165, 1.54) is 30.6 Å². The van der Waals surface area contributed by atoms with Gasteiger partial charge in [-0.05, 0) is 57.8 Å². The van der Waals surface area contributed by atoms with Gasteiger partial charge in [-0.3, -0.25) is 4.79 Å². The summed E-state index contributed by atoms with van der Waals surface area (Å²) in [5.41, 5.74) is 0. The number of unbranched alkanes of at least 4 members (excludes halogenated alkanes) is 4. The van der Waals surface area contributed by atoms with E-state index in [1.54, 1.807) is 0 Å². The molecule has 1 heterocycles. The minimum Gasteiger partial charge on any atom is -0.480 e. The zero-order chi connectivity index (χ0) is 21.2. The molecule has 29 heavy (non-hydrogen) atoms. The Bertz CT molecular complexity index is 575. The molecule has 1 amide bonds. The number of hydrogen-bond donors (Lipinski definition) is 1. The summed E-state index contributed by atoms with van der Waals surface area (Å²) in [6, 6.07) is -0.612. The molecule has 0 aliphatic carbocycles. The predicted molar refractivity (Wildman–Crippen MR) is 121 cm³/mol. The number of amides is 1. The minimum absolute atomic E-state index is 0.0224. The molecule has 1 unspecified atom stereocenters. The molecule has 4 heteroatoms. The number of aliphatic carboxylic acids is 1. The van der Waals surface area contributed by atoms with E-state index in [1.807, 2.05) is 0 Å². The molecule has 1 N–H and O–H groups in total. The molecule has 1 aliphatic rings. The van der Waals surface area contributed by atoms with Crippen LogP contribution in [0.1, 0.15) is 84.0 Å². The molecule has 1 saturated heterocycles. The normalized spacial score (nSPS) is 17.6. The second kappa shape index (κ2) is 16.8. The summed E-state index contributed by atoms with van der Waals surface area (Å²) in [5.74, 6) is -0.901. The van der Waals surface area contributed by atoms with Crippen LogP contribution in [0, 0.1) is 0 Å². The molecule has 1 atom stereocenters. The Kier molecular flexibility index (Phi) is 14.5. The van der Waals surface area contributed by atoms with Crippen LogP contribution in [0.5, 0.6) is 0 Å². The zero-order valence-corrected chi connectivity index (χ0v) is 18.1. The van der Waals surface area contributed by atoms with E-state index in [0.717, 1.165) is 38.5 Å².